The first kappa shape index (κ1) is 25.1. The molecule has 0 unspecified atom stereocenters. The smallest absolute Gasteiger partial charge is 0.323 e. The highest BCUT2D eigenvalue weighted by atomic mass is 16.5. The molecule has 2 fully saturated rings. The van der Waals surface area contributed by atoms with Crippen molar-refractivity contribution in [2.45, 2.75) is 25.0 Å². The molecule has 4 amide bonds. The van der Waals surface area contributed by atoms with Crippen LogP contribution in [0, 0.1) is 11.8 Å². The van der Waals surface area contributed by atoms with Crippen LogP contribution in [0.25, 0.3) is 0 Å². The number of nitrogens with one attached hydrogen (secondary N) is 3. The molecule has 3 aliphatic heterocycles. The first-order chi connectivity index (χ1) is 18.3. The maximum absolute atomic E-state index is 13.1. The SMILES string of the molecule is COc1ccc2c(c1)C(=O)N(C[C@@]1(C#Cc3ccc(/C(=N\O)N4CCNC[C@@H]4C)cc3)NC(=O)NC1=O)C2. The van der Waals surface area contributed by atoms with Crippen LogP contribution in [0.5, 0.6) is 5.75 Å². The third-order valence-electron chi connectivity index (χ3n) is 7.00. The molecule has 0 radical (unpaired) electrons. The molecule has 2 aromatic carbocycles. The number of carbonyl (C=O) groups is 3. The summed E-state index contributed by atoms with van der Waals surface area (Å²) in [7, 11) is 1.53. The van der Waals surface area contributed by atoms with Gasteiger partial charge in [0.2, 0.25) is 5.54 Å². The number of rotatable bonds is 4. The zero-order valence-electron chi connectivity index (χ0n) is 21.1. The molecule has 0 aromatic heterocycles. The molecule has 5 rings (SSSR count). The molecule has 3 aliphatic rings. The van der Waals surface area contributed by atoms with Crippen molar-refractivity contribution in [1.82, 2.24) is 25.8 Å². The van der Waals surface area contributed by atoms with Crippen molar-refractivity contribution in [2.24, 2.45) is 5.16 Å². The molecular weight excluding hydrogens is 488 g/mol. The third-order valence-corrected chi connectivity index (χ3v) is 7.00. The second kappa shape index (κ2) is 10.1. The number of hydrogen-bond acceptors (Lipinski definition) is 7. The van der Waals surface area contributed by atoms with Crippen LogP contribution in [0.2, 0.25) is 0 Å². The summed E-state index contributed by atoms with van der Waals surface area (Å²) in [6.07, 6.45) is 0. The van der Waals surface area contributed by atoms with Crippen LogP contribution >= 0.6 is 0 Å². The van der Waals surface area contributed by atoms with E-state index in [1.807, 2.05) is 11.0 Å². The third kappa shape index (κ3) is 4.62. The lowest BCUT2D eigenvalue weighted by molar-refractivity contribution is -0.122. The molecule has 3 heterocycles. The minimum atomic E-state index is -1.61. The summed E-state index contributed by atoms with van der Waals surface area (Å²) >= 11 is 0. The molecule has 2 aromatic rings. The van der Waals surface area contributed by atoms with Gasteiger partial charge in [-0.05, 0) is 48.9 Å². The van der Waals surface area contributed by atoms with Crippen molar-refractivity contribution in [2.75, 3.05) is 33.3 Å². The van der Waals surface area contributed by atoms with E-state index < -0.39 is 17.5 Å². The number of fused-ring (bicyclic) bond motifs is 1. The van der Waals surface area contributed by atoms with Gasteiger partial charge in [0.25, 0.3) is 11.8 Å². The summed E-state index contributed by atoms with van der Waals surface area (Å²) in [5.74, 6) is 6.03. The van der Waals surface area contributed by atoms with Gasteiger partial charge in [-0.1, -0.05) is 23.1 Å². The molecule has 2 atom stereocenters. The lowest BCUT2D eigenvalue weighted by atomic mass is 9.98. The molecule has 0 spiro atoms. The predicted molar refractivity (Wildman–Crippen MR) is 138 cm³/mol. The monoisotopic (exact) mass is 516 g/mol. The lowest BCUT2D eigenvalue weighted by Crippen LogP contribution is -2.54. The van der Waals surface area contributed by atoms with Crippen LogP contribution in [0.4, 0.5) is 4.79 Å². The standard InChI is InChI=1S/C27H28N6O5/c1-17-14-28-11-12-33(17)23(31-37)19-5-3-18(4-6-19)9-10-27(25(35)29-26(36)30-27)16-32-15-20-7-8-21(38-2)13-22(20)24(32)34/h3-8,13,17,28,37H,11-12,14-16H2,1-2H3,(H2,29,30,35,36)/b31-23+/t17-,27+/m0/s1. The van der Waals surface area contributed by atoms with Gasteiger partial charge in [-0.2, -0.15) is 0 Å². The lowest BCUT2D eigenvalue weighted by Gasteiger charge is -2.35. The number of nitrogens with zero attached hydrogens (tertiary/aromatic N) is 3. The van der Waals surface area contributed by atoms with Gasteiger partial charge in [0.15, 0.2) is 5.84 Å². The minimum Gasteiger partial charge on any atom is -0.497 e. The van der Waals surface area contributed by atoms with Gasteiger partial charge in [-0.15, -0.1) is 0 Å². The van der Waals surface area contributed by atoms with Gasteiger partial charge in [-0.25, -0.2) is 4.79 Å². The molecule has 38 heavy (non-hydrogen) atoms. The van der Waals surface area contributed by atoms with Gasteiger partial charge in [0, 0.05) is 48.9 Å². The molecule has 196 valence electrons. The van der Waals surface area contributed by atoms with Gasteiger partial charge >= 0.3 is 6.03 Å². The quantitative estimate of drug-likeness (QED) is 0.117. The molecule has 0 saturated carbocycles. The molecular formula is C27H28N6O5. The van der Waals surface area contributed by atoms with Gasteiger partial charge in [-0.3, -0.25) is 14.9 Å². The number of amidine groups is 1. The van der Waals surface area contributed by atoms with Gasteiger partial charge < -0.3 is 30.4 Å². The average Bonchev–Trinajstić information content (AvgIpc) is 3.38. The van der Waals surface area contributed by atoms with Crippen LogP contribution < -0.4 is 20.7 Å². The first-order valence-electron chi connectivity index (χ1n) is 12.3. The number of methoxy groups -OCH3 is 1. The Balaban J connectivity index is 1.38. The summed E-state index contributed by atoms with van der Waals surface area (Å²) < 4.78 is 5.22. The second-order valence-corrected chi connectivity index (χ2v) is 9.50. The maximum Gasteiger partial charge on any atom is 0.323 e. The minimum absolute atomic E-state index is 0.117. The van der Waals surface area contributed by atoms with E-state index in [2.05, 4.69) is 39.9 Å². The van der Waals surface area contributed by atoms with Crippen molar-refractivity contribution >= 4 is 23.7 Å². The Morgan fingerprint density at radius 1 is 1.21 bits per heavy atom. The van der Waals surface area contributed by atoms with Crippen LogP contribution in [0.3, 0.4) is 0 Å². The Morgan fingerprint density at radius 2 is 2.00 bits per heavy atom. The normalized spacial score (nSPS) is 22.9. The van der Waals surface area contributed by atoms with E-state index in [9.17, 15) is 19.6 Å². The topological polar surface area (TPSA) is 136 Å². The molecule has 11 nitrogen and oxygen atoms in total. The Bertz CT molecular complexity index is 1380. The summed E-state index contributed by atoms with van der Waals surface area (Å²) in [4.78, 5) is 41.6. The van der Waals surface area contributed by atoms with E-state index >= 15 is 0 Å². The number of piperazine rings is 1. The van der Waals surface area contributed by atoms with Gasteiger partial charge in [0.1, 0.15) is 5.75 Å². The van der Waals surface area contributed by atoms with Crippen LogP contribution in [0.1, 0.15) is 34.0 Å². The molecule has 4 N–H and O–H groups in total. The number of urea groups is 1. The van der Waals surface area contributed by atoms with E-state index in [4.69, 9.17) is 4.74 Å². The molecule has 0 bridgehead atoms. The first-order valence-corrected chi connectivity index (χ1v) is 12.3. The number of benzene rings is 2. The fraction of sp³-hybridized carbons (Fsp3) is 0.333. The van der Waals surface area contributed by atoms with E-state index in [1.165, 1.54) is 12.0 Å². The number of carbonyl (C=O) groups excluding carboxylic acids is 3. The van der Waals surface area contributed by atoms with Crippen LogP contribution in [-0.4, -0.2) is 83.6 Å². The number of hydrogen-bond donors (Lipinski definition) is 4. The fourth-order valence-electron chi connectivity index (χ4n) is 4.93. The second-order valence-electron chi connectivity index (χ2n) is 9.50. The van der Waals surface area contributed by atoms with E-state index in [1.54, 1.807) is 36.4 Å². The van der Waals surface area contributed by atoms with E-state index in [0.717, 1.165) is 24.2 Å². The van der Waals surface area contributed by atoms with Crippen molar-refractivity contribution < 1.29 is 24.3 Å². The predicted octanol–water partition coefficient (Wildman–Crippen LogP) is 0.710. The highest BCUT2D eigenvalue weighted by Crippen LogP contribution is 2.28. The number of ether oxygens (including phenoxy) is 1. The summed E-state index contributed by atoms with van der Waals surface area (Å²) in [5, 5.41) is 21.4. The molecule has 0 aliphatic carbocycles. The number of oxime groups is 1. The Kier molecular flexibility index (Phi) is 6.65. The highest BCUT2D eigenvalue weighted by molar-refractivity contribution is 6.10. The number of imide groups is 1. The Morgan fingerprint density at radius 3 is 2.66 bits per heavy atom. The number of amides is 4. The van der Waals surface area contributed by atoms with Crippen molar-refractivity contribution in [3.8, 4) is 17.6 Å². The maximum atomic E-state index is 13.1. The zero-order chi connectivity index (χ0) is 26.9. The van der Waals surface area contributed by atoms with Gasteiger partial charge in [0.05, 0.1) is 13.7 Å². The Hall–Kier alpha value is -4.56. The van der Waals surface area contributed by atoms with E-state index in [0.29, 0.717) is 29.3 Å². The molecule has 2 saturated heterocycles. The zero-order valence-corrected chi connectivity index (χ0v) is 21.1. The van der Waals surface area contributed by atoms with Crippen molar-refractivity contribution in [3.05, 3.63) is 64.7 Å². The largest absolute Gasteiger partial charge is 0.497 e. The summed E-state index contributed by atoms with van der Waals surface area (Å²) in [6, 6.07) is 11.8. The van der Waals surface area contributed by atoms with Crippen LogP contribution in [-0.2, 0) is 11.3 Å². The van der Waals surface area contributed by atoms with E-state index in [-0.39, 0.29) is 25.0 Å². The summed E-state index contributed by atoms with van der Waals surface area (Å²) in [5.41, 5.74) is 1.01. The fourth-order valence-corrected chi connectivity index (χ4v) is 4.93. The van der Waals surface area contributed by atoms with Crippen molar-refractivity contribution in [1.29, 1.82) is 0 Å². The molecule has 11 heteroatoms. The summed E-state index contributed by atoms with van der Waals surface area (Å²) in [6.45, 7) is 4.52. The average molecular weight is 517 g/mol. The Labute approximate surface area is 219 Å². The van der Waals surface area contributed by atoms with Crippen LogP contribution in [0.15, 0.2) is 47.6 Å². The highest BCUT2D eigenvalue weighted by Gasteiger charge is 2.48. The van der Waals surface area contributed by atoms with Crippen molar-refractivity contribution in [3.63, 3.8) is 0 Å².